The molecule has 156 valence electrons. The second kappa shape index (κ2) is 8.62. The SMILES string of the molecule is COc1ccc(OC)c(-c2cc(Cl)c3c(c2)CC(CNC(=O)Cn2cncn2)O3)c1. The lowest BCUT2D eigenvalue weighted by molar-refractivity contribution is -0.122. The number of fused-ring (bicyclic) bond motifs is 1. The summed E-state index contributed by atoms with van der Waals surface area (Å²) >= 11 is 6.51. The van der Waals surface area contributed by atoms with Gasteiger partial charge in [-0.25, -0.2) is 9.67 Å². The van der Waals surface area contributed by atoms with Crippen LogP contribution >= 0.6 is 11.6 Å². The highest BCUT2D eigenvalue weighted by atomic mass is 35.5. The number of rotatable bonds is 7. The number of nitrogens with one attached hydrogen (secondary N) is 1. The predicted octanol–water partition coefficient (Wildman–Crippen LogP) is 2.74. The smallest absolute Gasteiger partial charge is 0.241 e. The van der Waals surface area contributed by atoms with Crippen molar-refractivity contribution in [3.05, 3.63) is 53.6 Å². The first-order valence-corrected chi connectivity index (χ1v) is 9.75. The molecule has 4 rings (SSSR count). The van der Waals surface area contributed by atoms with Crippen LogP contribution in [0.15, 0.2) is 43.0 Å². The fourth-order valence-electron chi connectivity index (χ4n) is 3.44. The molecule has 9 heteroatoms. The van der Waals surface area contributed by atoms with E-state index in [9.17, 15) is 4.79 Å². The van der Waals surface area contributed by atoms with Crippen molar-refractivity contribution in [2.45, 2.75) is 19.1 Å². The number of aromatic nitrogens is 3. The Hall–Kier alpha value is -3.26. The van der Waals surface area contributed by atoms with Gasteiger partial charge in [0.15, 0.2) is 0 Å². The van der Waals surface area contributed by atoms with Crippen LogP contribution in [-0.4, -0.2) is 47.5 Å². The second-order valence-electron chi connectivity index (χ2n) is 6.85. The van der Waals surface area contributed by atoms with Gasteiger partial charge in [0, 0.05) is 17.5 Å². The van der Waals surface area contributed by atoms with Crippen LogP contribution in [0.4, 0.5) is 0 Å². The predicted molar refractivity (Wildman–Crippen MR) is 111 cm³/mol. The lowest BCUT2D eigenvalue weighted by Gasteiger charge is -2.13. The standard InChI is InChI=1S/C21H21ClN4O4/c1-28-15-3-4-19(29-2)17(8-15)13-5-14-6-16(30-21(14)18(22)7-13)9-24-20(27)10-26-12-23-11-25-26/h3-5,7-8,11-12,16H,6,9-10H2,1-2H3,(H,24,27). The highest BCUT2D eigenvalue weighted by molar-refractivity contribution is 6.32. The number of hydrogen-bond donors (Lipinski definition) is 1. The molecular formula is C21H21ClN4O4. The van der Waals surface area contributed by atoms with E-state index in [0.717, 1.165) is 28.2 Å². The number of ether oxygens (including phenoxy) is 3. The molecule has 1 aromatic heterocycles. The topological polar surface area (TPSA) is 87.5 Å². The van der Waals surface area contributed by atoms with Gasteiger partial charge in [-0.05, 0) is 35.9 Å². The zero-order valence-electron chi connectivity index (χ0n) is 16.6. The number of carbonyl (C=O) groups is 1. The largest absolute Gasteiger partial charge is 0.497 e. The Bertz CT molecular complexity index is 1060. The van der Waals surface area contributed by atoms with Crippen molar-refractivity contribution < 1.29 is 19.0 Å². The molecule has 1 atom stereocenters. The Morgan fingerprint density at radius 2 is 2.17 bits per heavy atom. The van der Waals surface area contributed by atoms with E-state index in [2.05, 4.69) is 15.4 Å². The van der Waals surface area contributed by atoms with Crippen LogP contribution in [0.1, 0.15) is 5.56 Å². The maximum Gasteiger partial charge on any atom is 0.241 e. The van der Waals surface area contributed by atoms with Crippen molar-refractivity contribution in [2.75, 3.05) is 20.8 Å². The van der Waals surface area contributed by atoms with Gasteiger partial charge in [-0.2, -0.15) is 5.10 Å². The number of methoxy groups -OCH3 is 2. The van der Waals surface area contributed by atoms with E-state index < -0.39 is 0 Å². The molecule has 0 saturated carbocycles. The fourth-order valence-corrected chi connectivity index (χ4v) is 3.73. The van der Waals surface area contributed by atoms with Crippen LogP contribution < -0.4 is 19.5 Å². The lowest BCUT2D eigenvalue weighted by atomic mass is 9.99. The molecule has 1 unspecified atom stereocenters. The number of carbonyl (C=O) groups excluding carboxylic acids is 1. The van der Waals surface area contributed by atoms with Gasteiger partial charge >= 0.3 is 0 Å². The first-order chi connectivity index (χ1) is 14.6. The van der Waals surface area contributed by atoms with Crippen LogP contribution in [0.3, 0.4) is 0 Å². The summed E-state index contributed by atoms with van der Waals surface area (Å²) in [6.45, 7) is 0.483. The van der Waals surface area contributed by atoms with E-state index >= 15 is 0 Å². The minimum Gasteiger partial charge on any atom is -0.497 e. The van der Waals surface area contributed by atoms with E-state index in [1.807, 2.05) is 30.3 Å². The maximum atomic E-state index is 12.1. The molecule has 0 bridgehead atoms. The zero-order valence-corrected chi connectivity index (χ0v) is 17.3. The molecule has 0 saturated heterocycles. The molecule has 0 fully saturated rings. The minimum absolute atomic E-state index is 0.111. The summed E-state index contributed by atoms with van der Waals surface area (Å²) in [5.74, 6) is 1.94. The van der Waals surface area contributed by atoms with Crippen LogP contribution in [0.25, 0.3) is 11.1 Å². The summed E-state index contributed by atoms with van der Waals surface area (Å²) in [7, 11) is 3.25. The Kier molecular flexibility index (Phi) is 5.76. The van der Waals surface area contributed by atoms with Crippen molar-refractivity contribution in [3.63, 3.8) is 0 Å². The van der Waals surface area contributed by atoms with Crippen molar-refractivity contribution in [2.24, 2.45) is 0 Å². The summed E-state index contributed by atoms with van der Waals surface area (Å²) in [6.07, 6.45) is 3.33. The summed E-state index contributed by atoms with van der Waals surface area (Å²) in [5.41, 5.74) is 2.78. The van der Waals surface area contributed by atoms with E-state index in [1.54, 1.807) is 14.2 Å². The average molecular weight is 429 g/mol. The number of benzene rings is 2. The summed E-state index contributed by atoms with van der Waals surface area (Å²) in [6, 6.07) is 9.51. The Morgan fingerprint density at radius 3 is 2.90 bits per heavy atom. The molecule has 2 heterocycles. The number of halogens is 1. The fraction of sp³-hybridized carbons (Fsp3) is 0.286. The van der Waals surface area contributed by atoms with Gasteiger partial charge in [0.1, 0.15) is 42.6 Å². The zero-order chi connectivity index (χ0) is 21.1. The van der Waals surface area contributed by atoms with Gasteiger partial charge in [-0.1, -0.05) is 11.6 Å². The highest BCUT2D eigenvalue weighted by Gasteiger charge is 2.27. The Balaban J connectivity index is 1.48. The van der Waals surface area contributed by atoms with Gasteiger partial charge in [0.05, 0.1) is 25.8 Å². The number of hydrogen-bond acceptors (Lipinski definition) is 6. The third-order valence-electron chi connectivity index (χ3n) is 4.87. The lowest BCUT2D eigenvalue weighted by Crippen LogP contribution is -2.36. The second-order valence-corrected chi connectivity index (χ2v) is 7.26. The van der Waals surface area contributed by atoms with Crippen molar-refractivity contribution in [1.82, 2.24) is 20.1 Å². The van der Waals surface area contributed by atoms with E-state index in [4.69, 9.17) is 25.8 Å². The highest BCUT2D eigenvalue weighted by Crippen LogP contribution is 2.42. The Labute approximate surface area is 178 Å². The van der Waals surface area contributed by atoms with Gasteiger partial charge < -0.3 is 19.5 Å². The first kappa shape index (κ1) is 20.0. The summed E-state index contributed by atoms with van der Waals surface area (Å²) in [4.78, 5) is 15.9. The van der Waals surface area contributed by atoms with Crippen molar-refractivity contribution in [3.8, 4) is 28.4 Å². The Morgan fingerprint density at radius 1 is 1.30 bits per heavy atom. The molecule has 1 amide bonds. The van der Waals surface area contributed by atoms with Crippen molar-refractivity contribution >= 4 is 17.5 Å². The van der Waals surface area contributed by atoms with Crippen LogP contribution in [0.5, 0.6) is 17.2 Å². The molecule has 3 aromatic rings. The van der Waals surface area contributed by atoms with E-state index in [0.29, 0.717) is 23.7 Å². The summed E-state index contributed by atoms with van der Waals surface area (Å²) < 4.78 is 18.3. The number of nitrogens with zero attached hydrogens (tertiary/aromatic N) is 3. The summed E-state index contributed by atoms with van der Waals surface area (Å²) in [5, 5.41) is 7.30. The molecule has 1 aliphatic heterocycles. The first-order valence-electron chi connectivity index (χ1n) is 9.38. The molecule has 0 aliphatic carbocycles. The maximum absolute atomic E-state index is 12.1. The third kappa shape index (κ3) is 4.18. The molecular weight excluding hydrogens is 408 g/mol. The van der Waals surface area contributed by atoms with E-state index in [1.165, 1.54) is 17.3 Å². The molecule has 2 aromatic carbocycles. The number of amides is 1. The normalized spacial score (nSPS) is 14.7. The molecule has 0 radical (unpaired) electrons. The van der Waals surface area contributed by atoms with Crippen LogP contribution in [-0.2, 0) is 17.8 Å². The quantitative estimate of drug-likeness (QED) is 0.622. The van der Waals surface area contributed by atoms with Gasteiger partial charge in [-0.15, -0.1) is 0 Å². The molecule has 30 heavy (non-hydrogen) atoms. The minimum atomic E-state index is -0.195. The molecule has 0 spiro atoms. The average Bonchev–Trinajstić information content (AvgIpc) is 3.41. The third-order valence-corrected chi connectivity index (χ3v) is 5.15. The molecule has 1 aliphatic rings. The molecule has 1 N–H and O–H groups in total. The molecule has 8 nitrogen and oxygen atoms in total. The van der Waals surface area contributed by atoms with Crippen LogP contribution in [0.2, 0.25) is 5.02 Å². The monoisotopic (exact) mass is 428 g/mol. The van der Waals surface area contributed by atoms with Crippen LogP contribution in [0, 0.1) is 0 Å². The van der Waals surface area contributed by atoms with E-state index in [-0.39, 0.29) is 18.6 Å². The van der Waals surface area contributed by atoms with Crippen molar-refractivity contribution in [1.29, 1.82) is 0 Å². The van der Waals surface area contributed by atoms with Gasteiger partial charge in [0.25, 0.3) is 0 Å². The van der Waals surface area contributed by atoms with Gasteiger partial charge in [0.2, 0.25) is 5.91 Å². The van der Waals surface area contributed by atoms with Gasteiger partial charge in [-0.3, -0.25) is 4.79 Å².